The molecule has 0 bridgehead atoms. The van der Waals surface area contributed by atoms with Gasteiger partial charge in [0.15, 0.2) is 0 Å². The van der Waals surface area contributed by atoms with Gasteiger partial charge in [0, 0.05) is 28.8 Å². The Balaban J connectivity index is 1.82. The number of rotatable bonds is 1. The number of hydrogen-bond donors (Lipinski definition) is 1. The first-order valence-corrected chi connectivity index (χ1v) is 8.74. The zero-order chi connectivity index (χ0) is 14.0. The van der Waals surface area contributed by atoms with E-state index in [4.69, 9.17) is 0 Å². The van der Waals surface area contributed by atoms with E-state index in [2.05, 4.69) is 51.3 Å². The van der Waals surface area contributed by atoms with Gasteiger partial charge in [-0.2, -0.15) is 0 Å². The highest BCUT2D eigenvalue weighted by molar-refractivity contribution is 9.10. The molecule has 20 heavy (non-hydrogen) atoms. The topological polar surface area (TPSA) is 15.3 Å². The van der Waals surface area contributed by atoms with Gasteiger partial charge in [-0.05, 0) is 50.4 Å². The Bertz CT molecular complexity index is 466. The van der Waals surface area contributed by atoms with Gasteiger partial charge in [0.25, 0.3) is 0 Å². The summed E-state index contributed by atoms with van der Waals surface area (Å²) in [7, 11) is 0. The fourth-order valence-electron chi connectivity index (χ4n) is 3.69. The molecule has 110 valence electrons. The number of nitrogens with one attached hydrogen (secondary N) is 1. The molecule has 1 N–H and O–H groups in total. The largest absolute Gasteiger partial charge is 0.370 e. The zero-order valence-electron chi connectivity index (χ0n) is 12.4. The van der Waals surface area contributed by atoms with Gasteiger partial charge in [-0.3, -0.25) is 0 Å². The van der Waals surface area contributed by atoms with Gasteiger partial charge in [0.05, 0.1) is 0 Å². The summed E-state index contributed by atoms with van der Waals surface area (Å²) in [6.45, 7) is 5.66. The number of nitrogens with zero attached hydrogens (tertiary/aromatic N) is 1. The average Bonchev–Trinajstić information content (AvgIpc) is 2.66. The SMILES string of the molecule is Cc1ccc(N2CCCNC3(CCCCC3)C2)cc1Br. The lowest BCUT2D eigenvalue weighted by atomic mass is 9.81. The van der Waals surface area contributed by atoms with Crippen LogP contribution in [0.3, 0.4) is 0 Å². The van der Waals surface area contributed by atoms with Crippen molar-refractivity contribution in [2.75, 3.05) is 24.5 Å². The van der Waals surface area contributed by atoms with Crippen LogP contribution >= 0.6 is 15.9 Å². The third-order valence-corrected chi connectivity index (χ3v) is 5.78. The summed E-state index contributed by atoms with van der Waals surface area (Å²) >= 11 is 3.68. The molecule has 1 heterocycles. The van der Waals surface area contributed by atoms with Crippen molar-refractivity contribution in [1.82, 2.24) is 5.32 Å². The molecule has 1 aliphatic carbocycles. The minimum Gasteiger partial charge on any atom is -0.370 e. The minimum absolute atomic E-state index is 0.367. The first-order valence-electron chi connectivity index (χ1n) is 7.95. The molecule has 0 unspecified atom stereocenters. The van der Waals surface area contributed by atoms with Crippen molar-refractivity contribution in [2.45, 2.75) is 51.0 Å². The second kappa shape index (κ2) is 6.07. The molecule has 0 amide bonds. The van der Waals surface area contributed by atoms with Crippen LogP contribution in [0.4, 0.5) is 5.69 Å². The standard InChI is InChI=1S/C17H25BrN2/c1-14-6-7-15(12-16(14)18)20-11-5-10-19-17(13-20)8-3-2-4-9-17/h6-7,12,19H,2-5,8-11,13H2,1H3. The van der Waals surface area contributed by atoms with Gasteiger partial charge in [0.2, 0.25) is 0 Å². The highest BCUT2D eigenvalue weighted by Gasteiger charge is 2.34. The van der Waals surface area contributed by atoms with Crippen LogP contribution in [0.25, 0.3) is 0 Å². The lowest BCUT2D eigenvalue weighted by molar-refractivity contribution is 0.246. The van der Waals surface area contributed by atoms with Crippen molar-refractivity contribution in [2.24, 2.45) is 0 Å². The van der Waals surface area contributed by atoms with Crippen LogP contribution in [-0.4, -0.2) is 25.2 Å². The predicted octanol–water partition coefficient (Wildman–Crippen LogP) is 4.26. The molecule has 1 aliphatic heterocycles. The Kier molecular flexibility index (Phi) is 4.37. The molecule has 2 aliphatic rings. The number of anilines is 1. The highest BCUT2D eigenvalue weighted by atomic mass is 79.9. The molecule has 3 rings (SSSR count). The van der Waals surface area contributed by atoms with E-state index in [-0.39, 0.29) is 0 Å². The van der Waals surface area contributed by atoms with E-state index in [1.165, 1.54) is 73.9 Å². The summed E-state index contributed by atoms with van der Waals surface area (Å²) < 4.78 is 1.23. The van der Waals surface area contributed by atoms with Crippen LogP contribution in [0.5, 0.6) is 0 Å². The Labute approximate surface area is 131 Å². The van der Waals surface area contributed by atoms with E-state index in [1.807, 2.05) is 0 Å². The number of halogens is 1. The van der Waals surface area contributed by atoms with E-state index in [1.54, 1.807) is 0 Å². The first kappa shape index (κ1) is 14.4. The van der Waals surface area contributed by atoms with Gasteiger partial charge < -0.3 is 10.2 Å². The van der Waals surface area contributed by atoms with Crippen molar-refractivity contribution in [1.29, 1.82) is 0 Å². The van der Waals surface area contributed by atoms with Crippen molar-refractivity contribution < 1.29 is 0 Å². The van der Waals surface area contributed by atoms with Crippen molar-refractivity contribution in [3.05, 3.63) is 28.2 Å². The quantitative estimate of drug-likeness (QED) is 0.824. The molecular formula is C17H25BrN2. The van der Waals surface area contributed by atoms with Crippen LogP contribution in [0.2, 0.25) is 0 Å². The number of hydrogen-bond acceptors (Lipinski definition) is 2. The molecule has 1 aromatic rings. The maximum absolute atomic E-state index is 3.87. The van der Waals surface area contributed by atoms with E-state index in [9.17, 15) is 0 Å². The summed E-state index contributed by atoms with van der Waals surface area (Å²) in [5, 5.41) is 3.87. The molecule has 1 saturated carbocycles. The molecular weight excluding hydrogens is 312 g/mol. The zero-order valence-corrected chi connectivity index (χ0v) is 14.0. The Morgan fingerprint density at radius 2 is 1.95 bits per heavy atom. The van der Waals surface area contributed by atoms with Crippen molar-refractivity contribution >= 4 is 21.6 Å². The first-order chi connectivity index (χ1) is 9.69. The molecule has 0 aromatic heterocycles. The van der Waals surface area contributed by atoms with Crippen LogP contribution in [0.15, 0.2) is 22.7 Å². The summed E-state index contributed by atoms with van der Waals surface area (Å²) in [5.74, 6) is 0. The average molecular weight is 337 g/mol. The Morgan fingerprint density at radius 3 is 2.70 bits per heavy atom. The van der Waals surface area contributed by atoms with Gasteiger partial charge >= 0.3 is 0 Å². The number of aryl methyl sites for hydroxylation is 1. The molecule has 0 atom stereocenters. The molecule has 0 radical (unpaired) electrons. The molecule has 1 aromatic carbocycles. The summed E-state index contributed by atoms with van der Waals surface area (Å²) in [6.07, 6.45) is 8.12. The molecule has 1 saturated heterocycles. The smallest absolute Gasteiger partial charge is 0.0378 e. The van der Waals surface area contributed by atoms with Crippen LogP contribution in [0.1, 0.15) is 44.1 Å². The fourth-order valence-corrected chi connectivity index (χ4v) is 4.05. The maximum atomic E-state index is 3.87. The Morgan fingerprint density at radius 1 is 1.15 bits per heavy atom. The van der Waals surface area contributed by atoms with E-state index < -0.39 is 0 Å². The van der Waals surface area contributed by atoms with E-state index in [0.717, 1.165) is 0 Å². The second-order valence-corrected chi connectivity index (χ2v) is 7.33. The number of benzene rings is 1. The van der Waals surface area contributed by atoms with Crippen LogP contribution in [-0.2, 0) is 0 Å². The van der Waals surface area contributed by atoms with E-state index in [0.29, 0.717) is 5.54 Å². The summed E-state index contributed by atoms with van der Waals surface area (Å²) in [4.78, 5) is 2.59. The molecule has 2 nitrogen and oxygen atoms in total. The predicted molar refractivity (Wildman–Crippen MR) is 89.5 cm³/mol. The van der Waals surface area contributed by atoms with E-state index >= 15 is 0 Å². The fraction of sp³-hybridized carbons (Fsp3) is 0.647. The van der Waals surface area contributed by atoms with Crippen LogP contribution in [0, 0.1) is 6.92 Å². The lowest BCUT2D eigenvalue weighted by Crippen LogP contribution is -2.52. The second-order valence-electron chi connectivity index (χ2n) is 6.48. The lowest BCUT2D eigenvalue weighted by Gasteiger charge is -2.40. The van der Waals surface area contributed by atoms with Crippen molar-refractivity contribution in [3.63, 3.8) is 0 Å². The van der Waals surface area contributed by atoms with Crippen molar-refractivity contribution in [3.8, 4) is 0 Å². The molecule has 3 heteroatoms. The summed E-state index contributed by atoms with van der Waals surface area (Å²) in [6, 6.07) is 6.80. The van der Waals surface area contributed by atoms with Gasteiger partial charge in [-0.25, -0.2) is 0 Å². The van der Waals surface area contributed by atoms with Gasteiger partial charge in [-0.1, -0.05) is 41.3 Å². The minimum atomic E-state index is 0.367. The third-order valence-electron chi connectivity index (χ3n) is 4.93. The van der Waals surface area contributed by atoms with Crippen LogP contribution < -0.4 is 10.2 Å². The maximum Gasteiger partial charge on any atom is 0.0378 e. The highest BCUT2D eigenvalue weighted by Crippen LogP contribution is 2.33. The molecule has 1 spiro atoms. The third kappa shape index (κ3) is 3.04. The Hall–Kier alpha value is -0.540. The molecule has 2 fully saturated rings. The summed E-state index contributed by atoms with van der Waals surface area (Å²) in [5.41, 5.74) is 3.05. The van der Waals surface area contributed by atoms with Gasteiger partial charge in [0.1, 0.15) is 0 Å². The monoisotopic (exact) mass is 336 g/mol. The van der Waals surface area contributed by atoms with Gasteiger partial charge in [-0.15, -0.1) is 0 Å². The normalized spacial score (nSPS) is 22.8.